The lowest BCUT2D eigenvalue weighted by Crippen LogP contribution is -2.31. The fourth-order valence-corrected chi connectivity index (χ4v) is 2.96. The highest BCUT2D eigenvalue weighted by Crippen LogP contribution is 2.27. The van der Waals surface area contributed by atoms with Gasteiger partial charge in [0.15, 0.2) is 0 Å². The van der Waals surface area contributed by atoms with E-state index in [1.54, 1.807) is 0 Å². The van der Waals surface area contributed by atoms with E-state index in [1.165, 1.54) is 18.4 Å². The van der Waals surface area contributed by atoms with Gasteiger partial charge in [-0.1, -0.05) is 12.1 Å². The Morgan fingerprint density at radius 1 is 1.24 bits per heavy atom. The first-order valence-corrected chi connectivity index (χ1v) is 7.77. The van der Waals surface area contributed by atoms with Gasteiger partial charge in [0.25, 0.3) is 5.91 Å². The van der Waals surface area contributed by atoms with Gasteiger partial charge in [-0.15, -0.1) is 12.4 Å². The van der Waals surface area contributed by atoms with Gasteiger partial charge in [-0.3, -0.25) is 4.79 Å². The molecule has 1 aromatic carbocycles. The van der Waals surface area contributed by atoms with Crippen LogP contribution in [0.25, 0.3) is 0 Å². The summed E-state index contributed by atoms with van der Waals surface area (Å²) in [5, 5.41) is 3.39. The minimum atomic E-state index is 0. The number of hydrogen-bond acceptors (Lipinski definition) is 2. The number of hydrogen-bond donors (Lipinski definition) is 1. The molecule has 0 bridgehead atoms. The summed E-state index contributed by atoms with van der Waals surface area (Å²) >= 11 is 0. The first-order valence-electron chi connectivity index (χ1n) is 7.77. The third-order valence-electron chi connectivity index (χ3n) is 4.35. The van der Waals surface area contributed by atoms with E-state index in [-0.39, 0.29) is 18.3 Å². The average Bonchev–Trinajstić information content (AvgIpc) is 2.49. The van der Waals surface area contributed by atoms with Crippen LogP contribution in [0.2, 0.25) is 0 Å². The molecule has 3 nitrogen and oxygen atoms in total. The first-order chi connectivity index (χ1) is 9.67. The van der Waals surface area contributed by atoms with Crippen molar-refractivity contribution in [3.05, 3.63) is 34.9 Å². The molecule has 4 heteroatoms. The van der Waals surface area contributed by atoms with Gasteiger partial charge in [0.05, 0.1) is 0 Å². The fourth-order valence-electron chi connectivity index (χ4n) is 2.96. The molecule has 1 N–H and O–H groups in total. The van der Waals surface area contributed by atoms with E-state index in [0.29, 0.717) is 5.92 Å². The van der Waals surface area contributed by atoms with Crippen molar-refractivity contribution in [3.8, 4) is 0 Å². The molecule has 0 aromatic heterocycles. The number of piperidine rings is 1. The molecular weight excluding hydrogens is 284 g/mol. The Kier molecular flexibility index (Phi) is 7.20. The summed E-state index contributed by atoms with van der Waals surface area (Å²) in [5.41, 5.74) is 3.29. The molecule has 1 amide bonds. The molecule has 1 fully saturated rings. The summed E-state index contributed by atoms with van der Waals surface area (Å²) in [7, 11) is 0. The van der Waals surface area contributed by atoms with Crippen LogP contribution in [-0.4, -0.2) is 37.0 Å². The van der Waals surface area contributed by atoms with E-state index in [4.69, 9.17) is 0 Å². The zero-order valence-corrected chi connectivity index (χ0v) is 14.1. The summed E-state index contributed by atoms with van der Waals surface area (Å²) in [6.45, 7) is 9.80. The topological polar surface area (TPSA) is 32.3 Å². The van der Waals surface area contributed by atoms with Crippen molar-refractivity contribution in [2.75, 3.05) is 26.2 Å². The summed E-state index contributed by atoms with van der Waals surface area (Å²) in [6.07, 6.45) is 2.34. The highest BCUT2D eigenvalue weighted by atomic mass is 35.5. The van der Waals surface area contributed by atoms with Crippen molar-refractivity contribution in [2.45, 2.75) is 39.5 Å². The second-order valence-corrected chi connectivity index (χ2v) is 5.58. The minimum Gasteiger partial charge on any atom is -0.339 e. The fraction of sp³-hybridized carbons (Fsp3) is 0.588. The predicted molar refractivity (Wildman–Crippen MR) is 90.5 cm³/mol. The van der Waals surface area contributed by atoms with Gasteiger partial charge < -0.3 is 10.2 Å². The Hall–Kier alpha value is -1.06. The largest absolute Gasteiger partial charge is 0.339 e. The van der Waals surface area contributed by atoms with E-state index in [0.717, 1.165) is 37.3 Å². The van der Waals surface area contributed by atoms with Crippen LogP contribution in [0.1, 0.15) is 54.1 Å². The van der Waals surface area contributed by atoms with E-state index >= 15 is 0 Å². The highest BCUT2D eigenvalue weighted by molar-refractivity contribution is 5.95. The maximum atomic E-state index is 12.6. The number of aryl methyl sites for hydroxylation is 1. The van der Waals surface area contributed by atoms with Crippen molar-refractivity contribution >= 4 is 18.3 Å². The number of carbonyl (C=O) groups is 1. The summed E-state index contributed by atoms with van der Waals surface area (Å²) < 4.78 is 0. The lowest BCUT2D eigenvalue weighted by atomic mass is 9.88. The van der Waals surface area contributed by atoms with Crippen molar-refractivity contribution in [1.29, 1.82) is 0 Å². The van der Waals surface area contributed by atoms with Crippen LogP contribution in [0, 0.1) is 6.92 Å². The van der Waals surface area contributed by atoms with E-state index < -0.39 is 0 Å². The van der Waals surface area contributed by atoms with Crippen molar-refractivity contribution in [2.24, 2.45) is 0 Å². The Morgan fingerprint density at radius 3 is 2.43 bits per heavy atom. The number of nitrogens with one attached hydrogen (secondary N) is 1. The molecule has 0 aliphatic carbocycles. The van der Waals surface area contributed by atoms with Crippen LogP contribution in [0.3, 0.4) is 0 Å². The van der Waals surface area contributed by atoms with Gasteiger partial charge in [-0.25, -0.2) is 0 Å². The number of nitrogens with zero attached hydrogens (tertiary/aromatic N) is 1. The molecule has 118 valence electrons. The van der Waals surface area contributed by atoms with Crippen LogP contribution in [-0.2, 0) is 0 Å². The summed E-state index contributed by atoms with van der Waals surface area (Å²) in [6, 6.07) is 6.43. The average molecular weight is 311 g/mol. The quantitative estimate of drug-likeness (QED) is 0.925. The lowest BCUT2D eigenvalue weighted by Gasteiger charge is -2.25. The maximum absolute atomic E-state index is 12.6. The van der Waals surface area contributed by atoms with Crippen molar-refractivity contribution < 1.29 is 4.79 Å². The Labute approximate surface area is 134 Å². The maximum Gasteiger partial charge on any atom is 0.254 e. The molecule has 0 spiro atoms. The molecule has 0 saturated carbocycles. The molecule has 0 atom stereocenters. The van der Waals surface area contributed by atoms with Crippen LogP contribution in [0.4, 0.5) is 0 Å². The SMILES string of the molecule is CCN(CC)C(=O)c1cc(C2CCNCC2)ccc1C.Cl. The number of amides is 1. The number of carbonyl (C=O) groups excluding carboxylic acids is 1. The van der Waals surface area contributed by atoms with Gasteiger partial charge >= 0.3 is 0 Å². The minimum absolute atomic E-state index is 0. The number of benzene rings is 1. The third kappa shape index (κ3) is 4.21. The lowest BCUT2D eigenvalue weighted by molar-refractivity contribution is 0.0772. The van der Waals surface area contributed by atoms with Crippen LogP contribution in [0.15, 0.2) is 18.2 Å². The van der Waals surface area contributed by atoms with Crippen LogP contribution < -0.4 is 5.32 Å². The Morgan fingerprint density at radius 2 is 1.86 bits per heavy atom. The monoisotopic (exact) mass is 310 g/mol. The zero-order chi connectivity index (χ0) is 14.5. The molecule has 21 heavy (non-hydrogen) atoms. The zero-order valence-electron chi connectivity index (χ0n) is 13.3. The Balaban J connectivity index is 0.00000220. The molecule has 1 aromatic rings. The highest BCUT2D eigenvalue weighted by Gasteiger charge is 2.19. The second kappa shape index (κ2) is 8.40. The van der Waals surface area contributed by atoms with Crippen molar-refractivity contribution in [3.63, 3.8) is 0 Å². The number of rotatable bonds is 4. The molecule has 0 radical (unpaired) electrons. The van der Waals surface area contributed by atoms with Gasteiger partial charge in [0.2, 0.25) is 0 Å². The van der Waals surface area contributed by atoms with E-state index in [9.17, 15) is 4.79 Å². The van der Waals surface area contributed by atoms with Gasteiger partial charge in [-0.05, 0) is 69.8 Å². The summed E-state index contributed by atoms with van der Waals surface area (Å²) in [5.74, 6) is 0.767. The van der Waals surface area contributed by atoms with E-state index in [2.05, 4.69) is 23.5 Å². The van der Waals surface area contributed by atoms with Gasteiger partial charge in [-0.2, -0.15) is 0 Å². The second-order valence-electron chi connectivity index (χ2n) is 5.58. The van der Waals surface area contributed by atoms with Crippen LogP contribution in [0.5, 0.6) is 0 Å². The van der Waals surface area contributed by atoms with Gasteiger partial charge in [0, 0.05) is 18.7 Å². The van der Waals surface area contributed by atoms with Gasteiger partial charge in [0.1, 0.15) is 0 Å². The van der Waals surface area contributed by atoms with E-state index in [1.807, 2.05) is 25.7 Å². The third-order valence-corrected chi connectivity index (χ3v) is 4.35. The van der Waals surface area contributed by atoms with Crippen molar-refractivity contribution in [1.82, 2.24) is 10.2 Å². The normalized spacial score (nSPS) is 15.4. The molecular formula is C17H27ClN2O. The standard InChI is InChI=1S/C17H26N2O.ClH/c1-4-19(5-2)17(20)16-12-15(7-6-13(16)3)14-8-10-18-11-9-14;/h6-7,12,14,18H,4-5,8-11H2,1-3H3;1H. The molecule has 1 aliphatic rings. The van der Waals surface area contributed by atoms with Crippen LogP contribution >= 0.6 is 12.4 Å². The molecule has 1 heterocycles. The predicted octanol–water partition coefficient (Wildman–Crippen LogP) is 3.37. The molecule has 1 saturated heterocycles. The molecule has 1 aliphatic heterocycles. The molecule has 0 unspecified atom stereocenters. The summed E-state index contributed by atoms with van der Waals surface area (Å²) in [4.78, 5) is 14.5. The number of halogens is 1. The Bertz CT molecular complexity index is 466. The first kappa shape index (κ1) is 18.0. The smallest absolute Gasteiger partial charge is 0.254 e. The molecule has 2 rings (SSSR count).